The lowest BCUT2D eigenvalue weighted by atomic mass is 10.0. The minimum atomic E-state index is -0.640. The van der Waals surface area contributed by atoms with Crippen LogP contribution in [0.4, 0.5) is 5.69 Å². The lowest BCUT2D eigenvalue weighted by Crippen LogP contribution is -2.30. The minimum absolute atomic E-state index is 0.0736. The quantitative estimate of drug-likeness (QED) is 0.763. The summed E-state index contributed by atoms with van der Waals surface area (Å²) in [6, 6.07) is 14.6. The molecule has 0 aliphatic heterocycles. The van der Waals surface area contributed by atoms with Crippen LogP contribution in [0.3, 0.4) is 0 Å². The number of anilines is 1. The van der Waals surface area contributed by atoms with E-state index >= 15 is 0 Å². The molecule has 0 radical (unpaired) electrons. The number of nitrogens with one attached hydrogen (secondary N) is 2. The summed E-state index contributed by atoms with van der Waals surface area (Å²) in [5, 5.41) is 5.63. The molecule has 2 rings (SSSR count). The Hall–Kier alpha value is -2.82. The predicted octanol–water partition coefficient (Wildman–Crippen LogP) is 4.35. The first kappa shape index (κ1) is 20.5. The number of hydrogen-bond donors (Lipinski definition) is 2. The Morgan fingerprint density at radius 2 is 1.44 bits per heavy atom. The van der Waals surface area contributed by atoms with Gasteiger partial charge in [-0.25, -0.2) is 0 Å². The molecule has 5 nitrogen and oxygen atoms in total. The molecule has 2 aromatic carbocycles. The second-order valence-electron chi connectivity index (χ2n) is 7.18. The van der Waals surface area contributed by atoms with Crippen LogP contribution in [0, 0.1) is 0 Å². The summed E-state index contributed by atoms with van der Waals surface area (Å²) >= 11 is 0. The molecule has 144 valence electrons. The summed E-state index contributed by atoms with van der Waals surface area (Å²) in [4.78, 5) is 24.3. The van der Waals surface area contributed by atoms with Crippen LogP contribution >= 0.6 is 0 Å². The third-order valence-electron chi connectivity index (χ3n) is 4.06. The number of benzene rings is 2. The van der Waals surface area contributed by atoms with Crippen LogP contribution in [0.15, 0.2) is 48.5 Å². The lowest BCUT2D eigenvalue weighted by Gasteiger charge is -2.16. The topological polar surface area (TPSA) is 67.4 Å². The van der Waals surface area contributed by atoms with E-state index < -0.39 is 6.10 Å². The first-order valence-electron chi connectivity index (χ1n) is 9.24. The van der Waals surface area contributed by atoms with E-state index in [2.05, 4.69) is 24.5 Å². The molecule has 0 aliphatic rings. The van der Waals surface area contributed by atoms with E-state index in [1.165, 1.54) is 5.56 Å². The van der Waals surface area contributed by atoms with Gasteiger partial charge in [0.05, 0.1) is 0 Å². The van der Waals surface area contributed by atoms with Gasteiger partial charge in [0, 0.05) is 17.3 Å². The van der Waals surface area contributed by atoms with E-state index in [-0.39, 0.29) is 17.9 Å². The Bertz CT molecular complexity index is 765. The molecular weight excluding hydrogens is 340 g/mol. The number of hydrogen-bond acceptors (Lipinski definition) is 3. The SMILES string of the molecule is CC(C)NC(=O)c1ccc(NC(=O)C(C)Oc2ccc(C(C)C)cc2)cc1. The van der Waals surface area contributed by atoms with Crippen molar-refractivity contribution in [3.05, 3.63) is 59.7 Å². The Kier molecular flexibility index (Phi) is 6.99. The van der Waals surface area contributed by atoms with E-state index in [1.54, 1.807) is 31.2 Å². The zero-order valence-corrected chi connectivity index (χ0v) is 16.6. The third kappa shape index (κ3) is 6.13. The molecule has 0 fully saturated rings. The van der Waals surface area contributed by atoms with Crippen molar-refractivity contribution in [2.24, 2.45) is 0 Å². The van der Waals surface area contributed by atoms with E-state index in [1.807, 2.05) is 38.1 Å². The maximum atomic E-state index is 12.3. The number of carbonyl (C=O) groups excluding carboxylic acids is 2. The number of amides is 2. The first-order chi connectivity index (χ1) is 12.8. The fourth-order valence-corrected chi connectivity index (χ4v) is 2.48. The molecule has 2 N–H and O–H groups in total. The largest absolute Gasteiger partial charge is 0.481 e. The van der Waals surface area contributed by atoms with Gasteiger partial charge in [-0.15, -0.1) is 0 Å². The maximum absolute atomic E-state index is 12.3. The van der Waals surface area contributed by atoms with Crippen LogP contribution in [0.25, 0.3) is 0 Å². The average molecular weight is 368 g/mol. The van der Waals surface area contributed by atoms with Crippen molar-refractivity contribution in [2.75, 3.05) is 5.32 Å². The fourth-order valence-electron chi connectivity index (χ4n) is 2.48. The molecule has 0 saturated carbocycles. The highest BCUT2D eigenvalue weighted by molar-refractivity contribution is 5.96. The van der Waals surface area contributed by atoms with Crippen molar-refractivity contribution in [3.63, 3.8) is 0 Å². The predicted molar refractivity (Wildman–Crippen MR) is 108 cm³/mol. The highest BCUT2D eigenvalue weighted by atomic mass is 16.5. The maximum Gasteiger partial charge on any atom is 0.265 e. The van der Waals surface area contributed by atoms with Gasteiger partial charge in [-0.2, -0.15) is 0 Å². The zero-order valence-electron chi connectivity index (χ0n) is 16.6. The third-order valence-corrected chi connectivity index (χ3v) is 4.06. The van der Waals surface area contributed by atoms with Crippen LogP contribution in [0.1, 0.15) is 56.5 Å². The van der Waals surface area contributed by atoms with Crippen molar-refractivity contribution in [1.82, 2.24) is 5.32 Å². The first-order valence-corrected chi connectivity index (χ1v) is 9.24. The van der Waals surface area contributed by atoms with E-state index in [9.17, 15) is 9.59 Å². The van der Waals surface area contributed by atoms with Crippen LogP contribution in [-0.2, 0) is 4.79 Å². The number of rotatable bonds is 7. The molecule has 5 heteroatoms. The van der Waals surface area contributed by atoms with Gasteiger partial charge in [-0.05, 0) is 68.7 Å². The van der Waals surface area contributed by atoms with Gasteiger partial charge in [0.25, 0.3) is 11.8 Å². The van der Waals surface area contributed by atoms with Gasteiger partial charge in [-0.1, -0.05) is 26.0 Å². The standard InChI is InChI=1S/C22H28N2O3/c1-14(2)17-8-12-20(13-9-17)27-16(5)21(25)24-19-10-6-18(7-11-19)22(26)23-15(3)4/h6-16H,1-5H3,(H,23,26)(H,24,25). The zero-order chi connectivity index (χ0) is 20.0. The molecule has 0 aliphatic carbocycles. The normalized spacial score (nSPS) is 12.0. The summed E-state index contributed by atoms with van der Waals surface area (Å²) in [5.74, 6) is 0.722. The van der Waals surface area contributed by atoms with Crippen molar-refractivity contribution >= 4 is 17.5 Å². The van der Waals surface area contributed by atoms with E-state index in [0.717, 1.165) is 0 Å². The Balaban J connectivity index is 1.92. The Morgan fingerprint density at radius 3 is 1.96 bits per heavy atom. The second kappa shape index (κ2) is 9.21. The molecule has 0 spiro atoms. The molecule has 0 saturated heterocycles. The average Bonchev–Trinajstić information content (AvgIpc) is 2.62. The lowest BCUT2D eigenvalue weighted by molar-refractivity contribution is -0.122. The number of carbonyl (C=O) groups is 2. The van der Waals surface area contributed by atoms with Crippen LogP contribution < -0.4 is 15.4 Å². The summed E-state index contributed by atoms with van der Waals surface area (Å²) < 4.78 is 5.71. The number of ether oxygens (including phenoxy) is 1. The van der Waals surface area contributed by atoms with Crippen LogP contribution in [0.2, 0.25) is 0 Å². The highest BCUT2D eigenvalue weighted by Crippen LogP contribution is 2.20. The highest BCUT2D eigenvalue weighted by Gasteiger charge is 2.15. The summed E-state index contributed by atoms with van der Waals surface area (Å²) in [5.41, 5.74) is 2.39. The summed E-state index contributed by atoms with van der Waals surface area (Å²) in [6.07, 6.45) is -0.640. The fraction of sp³-hybridized carbons (Fsp3) is 0.364. The Labute approximate surface area is 161 Å². The summed E-state index contributed by atoms with van der Waals surface area (Å²) in [7, 11) is 0. The molecule has 2 aromatic rings. The van der Waals surface area contributed by atoms with Gasteiger partial charge >= 0.3 is 0 Å². The monoisotopic (exact) mass is 368 g/mol. The molecule has 0 heterocycles. The van der Waals surface area contributed by atoms with Gasteiger partial charge in [0.2, 0.25) is 0 Å². The van der Waals surface area contributed by atoms with Crippen molar-refractivity contribution < 1.29 is 14.3 Å². The molecule has 2 amide bonds. The van der Waals surface area contributed by atoms with Gasteiger partial charge in [-0.3, -0.25) is 9.59 Å². The van der Waals surface area contributed by atoms with E-state index in [0.29, 0.717) is 22.9 Å². The molecule has 0 bridgehead atoms. The minimum Gasteiger partial charge on any atom is -0.481 e. The molecule has 27 heavy (non-hydrogen) atoms. The van der Waals surface area contributed by atoms with Gasteiger partial charge in [0.1, 0.15) is 5.75 Å². The Morgan fingerprint density at radius 1 is 0.852 bits per heavy atom. The smallest absolute Gasteiger partial charge is 0.265 e. The van der Waals surface area contributed by atoms with Gasteiger partial charge < -0.3 is 15.4 Å². The molecule has 1 unspecified atom stereocenters. The molecule has 0 aromatic heterocycles. The van der Waals surface area contributed by atoms with Gasteiger partial charge in [0.15, 0.2) is 6.10 Å². The molecule has 1 atom stereocenters. The van der Waals surface area contributed by atoms with Crippen LogP contribution in [-0.4, -0.2) is 24.0 Å². The summed E-state index contributed by atoms with van der Waals surface area (Å²) in [6.45, 7) is 9.78. The van der Waals surface area contributed by atoms with E-state index in [4.69, 9.17) is 4.74 Å². The van der Waals surface area contributed by atoms with Crippen molar-refractivity contribution in [1.29, 1.82) is 0 Å². The van der Waals surface area contributed by atoms with Crippen molar-refractivity contribution in [2.45, 2.75) is 52.7 Å². The molecular formula is C22H28N2O3. The van der Waals surface area contributed by atoms with Crippen molar-refractivity contribution in [3.8, 4) is 5.75 Å². The second-order valence-corrected chi connectivity index (χ2v) is 7.18. The van der Waals surface area contributed by atoms with Crippen LogP contribution in [0.5, 0.6) is 5.75 Å².